The SMILES string of the molecule is Cc1cc(C(OC(=O)C2CCC(C(N)=O)CC2)C2CC2)ccc1F. The van der Waals surface area contributed by atoms with Gasteiger partial charge in [0.15, 0.2) is 0 Å². The molecule has 0 aliphatic heterocycles. The Morgan fingerprint density at radius 3 is 2.29 bits per heavy atom. The summed E-state index contributed by atoms with van der Waals surface area (Å²) in [4.78, 5) is 23.8. The second-order valence-electron chi connectivity index (χ2n) is 7.15. The molecule has 4 nitrogen and oxygen atoms in total. The predicted molar refractivity (Wildman–Crippen MR) is 87.3 cm³/mol. The molecule has 0 heterocycles. The minimum Gasteiger partial charge on any atom is -0.457 e. The van der Waals surface area contributed by atoms with Gasteiger partial charge in [0.1, 0.15) is 11.9 Å². The number of ether oxygens (including phenoxy) is 1. The average molecular weight is 333 g/mol. The van der Waals surface area contributed by atoms with Crippen LogP contribution < -0.4 is 5.73 Å². The van der Waals surface area contributed by atoms with Crippen LogP contribution in [0.15, 0.2) is 18.2 Å². The molecule has 1 unspecified atom stereocenters. The minimum atomic E-state index is -0.286. The third kappa shape index (κ3) is 3.77. The van der Waals surface area contributed by atoms with Gasteiger partial charge in [-0.1, -0.05) is 6.07 Å². The number of benzene rings is 1. The number of amides is 1. The number of carbonyl (C=O) groups is 2. The molecular formula is C19H24FNO3. The summed E-state index contributed by atoms with van der Waals surface area (Å²) >= 11 is 0. The molecule has 0 bridgehead atoms. The standard InChI is InChI=1S/C19H24FNO3/c1-11-10-15(8-9-16(11)20)17(12-2-3-12)24-19(23)14-6-4-13(5-7-14)18(21)22/h8-10,12-14,17H,2-7H2,1H3,(H2,21,22). The number of rotatable bonds is 5. The Kier molecular flexibility index (Phi) is 4.88. The number of nitrogens with two attached hydrogens (primary N) is 1. The summed E-state index contributed by atoms with van der Waals surface area (Å²) in [6.45, 7) is 1.72. The normalized spacial score (nSPS) is 25.1. The van der Waals surface area contributed by atoms with Crippen molar-refractivity contribution in [3.63, 3.8) is 0 Å². The Morgan fingerprint density at radius 1 is 1.12 bits per heavy atom. The Morgan fingerprint density at radius 2 is 1.75 bits per heavy atom. The third-order valence-corrected chi connectivity index (χ3v) is 5.27. The van der Waals surface area contributed by atoms with Gasteiger partial charge in [0.25, 0.3) is 0 Å². The maximum atomic E-state index is 13.5. The van der Waals surface area contributed by atoms with Gasteiger partial charge in [-0.25, -0.2) is 4.39 Å². The third-order valence-electron chi connectivity index (χ3n) is 5.27. The van der Waals surface area contributed by atoms with Crippen molar-refractivity contribution < 1.29 is 18.7 Å². The number of hydrogen-bond donors (Lipinski definition) is 1. The summed E-state index contributed by atoms with van der Waals surface area (Å²) in [7, 11) is 0. The van der Waals surface area contributed by atoms with Gasteiger partial charge in [0, 0.05) is 11.8 Å². The van der Waals surface area contributed by atoms with Crippen LogP contribution in [-0.2, 0) is 14.3 Å². The summed E-state index contributed by atoms with van der Waals surface area (Å²) in [5, 5.41) is 0. The fourth-order valence-corrected chi connectivity index (χ4v) is 3.52. The summed E-state index contributed by atoms with van der Waals surface area (Å²) in [5.41, 5.74) is 6.77. The number of carbonyl (C=O) groups excluding carboxylic acids is 2. The van der Waals surface area contributed by atoms with Crippen LogP contribution in [0, 0.1) is 30.5 Å². The number of esters is 1. The van der Waals surface area contributed by atoms with Crippen LogP contribution in [0.3, 0.4) is 0 Å². The molecule has 0 spiro atoms. The minimum absolute atomic E-state index is 0.118. The van der Waals surface area contributed by atoms with Crippen LogP contribution in [0.5, 0.6) is 0 Å². The fraction of sp³-hybridized carbons (Fsp3) is 0.579. The summed E-state index contributed by atoms with van der Waals surface area (Å²) in [6, 6.07) is 4.92. The zero-order chi connectivity index (χ0) is 17.3. The molecule has 130 valence electrons. The van der Waals surface area contributed by atoms with Crippen molar-refractivity contribution in [2.24, 2.45) is 23.5 Å². The van der Waals surface area contributed by atoms with Crippen LogP contribution in [-0.4, -0.2) is 11.9 Å². The van der Waals surface area contributed by atoms with Crippen LogP contribution >= 0.6 is 0 Å². The van der Waals surface area contributed by atoms with Gasteiger partial charge in [0.05, 0.1) is 5.92 Å². The van der Waals surface area contributed by atoms with Crippen molar-refractivity contribution in [2.45, 2.75) is 51.6 Å². The van der Waals surface area contributed by atoms with E-state index in [9.17, 15) is 14.0 Å². The highest BCUT2D eigenvalue weighted by molar-refractivity contribution is 5.78. The van der Waals surface area contributed by atoms with E-state index in [1.165, 1.54) is 6.07 Å². The van der Waals surface area contributed by atoms with Crippen LogP contribution in [0.2, 0.25) is 0 Å². The maximum Gasteiger partial charge on any atom is 0.309 e. The molecule has 3 rings (SSSR count). The Bertz CT molecular complexity index is 633. The van der Waals surface area contributed by atoms with Crippen LogP contribution in [0.1, 0.15) is 55.8 Å². The first kappa shape index (κ1) is 16.9. The highest BCUT2D eigenvalue weighted by Gasteiger charge is 2.38. The lowest BCUT2D eigenvalue weighted by Crippen LogP contribution is -2.31. The molecule has 0 radical (unpaired) electrons. The molecule has 0 saturated heterocycles. The molecule has 2 saturated carbocycles. The molecule has 2 N–H and O–H groups in total. The van der Waals surface area contributed by atoms with Crippen LogP contribution in [0.25, 0.3) is 0 Å². The molecule has 1 amide bonds. The van der Waals surface area contributed by atoms with E-state index >= 15 is 0 Å². The van der Waals surface area contributed by atoms with Gasteiger partial charge in [-0.3, -0.25) is 9.59 Å². The lowest BCUT2D eigenvalue weighted by molar-refractivity contribution is -0.157. The van der Waals surface area contributed by atoms with Crippen molar-refractivity contribution in [2.75, 3.05) is 0 Å². The topological polar surface area (TPSA) is 69.4 Å². The Labute approximate surface area is 141 Å². The van der Waals surface area contributed by atoms with Crippen molar-refractivity contribution in [3.05, 3.63) is 35.1 Å². The molecule has 1 atom stereocenters. The smallest absolute Gasteiger partial charge is 0.309 e. The zero-order valence-corrected chi connectivity index (χ0v) is 14.0. The van der Waals surface area contributed by atoms with Gasteiger partial charge >= 0.3 is 5.97 Å². The van der Waals surface area contributed by atoms with Crippen LogP contribution in [0.4, 0.5) is 4.39 Å². The van der Waals surface area contributed by atoms with E-state index in [-0.39, 0.29) is 35.6 Å². The molecule has 2 aliphatic rings. The second kappa shape index (κ2) is 6.91. The van der Waals surface area contributed by atoms with E-state index in [1.54, 1.807) is 19.1 Å². The van der Waals surface area contributed by atoms with E-state index in [0.29, 0.717) is 37.2 Å². The number of primary amides is 1. The predicted octanol–water partition coefficient (Wildman–Crippen LogP) is 3.42. The number of halogens is 1. The summed E-state index contributed by atoms with van der Waals surface area (Å²) < 4.78 is 19.3. The van der Waals surface area contributed by atoms with E-state index in [1.807, 2.05) is 0 Å². The van der Waals surface area contributed by atoms with Gasteiger partial charge in [-0.15, -0.1) is 0 Å². The lowest BCUT2D eigenvalue weighted by Gasteiger charge is -2.27. The molecule has 5 heteroatoms. The Hall–Kier alpha value is -1.91. The van der Waals surface area contributed by atoms with Crippen molar-refractivity contribution in [1.29, 1.82) is 0 Å². The molecule has 2 fully saturated rings. The first-order chi connectivity index (χ1) is 11.5. The fourth-order valence-electron chi connectivity index (χ4n) is 3.52. The van der Waals surface area contributed by atoms with Gasteiger partial charge in [-0.2, -0.15) is 0 Å². The molecule has 0 aromatic heterocycles. The van der Waals surface area contributed by atoms with Crippen molar-refractivity contribution >= 4 is 11.9 Å². The van der Waals surface area contributed by atoms with Crippen molar-refractivity contribution in [1.82, 2.24) is 0 Å². The average Bonchev–Trinajstić information content (AvgIpc) is 3.40. The highest BCUT2D eigenvalue weighted by atomic mass is 19.1. The molecule has 24 heavy (non-hydrogen) atoms. The largest absolute Gasteiger partial charge is 0.457 e. The molecular weight excluding hydrogens is 309 g/mol. The zero-order valence-electron chi connectivity index (χ0n) is 14.0. The summed E-state index contributed by atoms with van der Waals surface area (Å²) in [5.74, 6) is -0.669. The molecule has 1 aromatic rings. The lowest BCUT2D eigenvalue weighted by atomic mass is 9.81. The molecule has 1 aromatic carbocycles. The van der Waals surface area contributed by atoms with E-state index < -0.39 is 0 Å². The summed E-state index contributed by atoms with van der Waals surface area (Å²) in [6.07, 6.45) is 4.37. The first-order valence-electron chi connectivity index (χ1n) is 8.71. The van der Waals surface area contributed by atoms with Gasteiger partial charge < -0.3 is 10.5 Å². The monoisotopic (exact) mass is 333 g/mol. The van der Waals surface area contributed by atoms with E-state index in [2.05, 4.69) is 0 Å². The molecule has 2 aliphatic carbocycles. The first-order valence-corrected chi connectivity index (χ1v) is 8.71. The Balaban J connectivity index is 1.65. The second-order valence-corrected chi connectivity index (χ2v) is 7.15. The highest BCUT2D eigenvalue weighted by Crippen LogP contribution is 2.44. The number of aryl methyl sites for hydroxylation is 1. The number of hydrogen-bond acceptors (Lipinski definition) is 3. The quantitative estimate of drug-likeness (QED) is 0.839. The van der Waals surface area contributed by atoms with Gasteiger partial charge in [0.2, 0.25) is 5.91 Å². The van der Waals surface area contributed by atoms with E-state index in [0.717, 1.165) is 18.4 Å². The van der Waals surface area contributed by atoms with E-state index in [4.69, 9.17) is 10.5 Å². The van der Waals surface area contributed by atoms with Gasteiger partial charge in [-0.05, 0) is 68.7 Å². The maximum absolute atomic E-state index is 13.5. The van der Waals surface area contributed by atoms with Crippen molar-refractivity contribution in [3.8, 4) is 0 Å².